The largest absolute Gasteiger partial charge is 0.496 e. The van der Waals surface area contributed by atoms with E-state index in [1.807, 2.05) is 31.2 Å². The summed E-state index contributed by atoms with van der Waals surface area (Å²) < 4.78 is 5.31. The molecule has 0 radical (unpaired) electrons. The number of rotatable bonds is 8. The molecule has 0 saturated carbocycles. The monoisotopic (exact) mass is 278 g/mol. The number of ether oxygens (including phenoxy) is 1. The average molecular weight is 278 g/mol. The van der Waals surface area contributed by atoms with E-state index in [1.165, 1.54) is 0 Å². The van der Waals surface area contributed by atoms with Crippen molar-refractivity contribution in [3.8, 4) is 5.75 Å². The van der Waals surface area contributed by atoms with Crippen LogP contribution in [0.25, 0.3) is 0 Å². The van der Waals surface area contributed by atoms with E-state index in [2.05, 4.69) is 12.2 Å². The number of carbonyl (C=O) groups is 1. The predicted molar refractivity (Wildman–Crippen MR) is 81.6 cm³/mol. The molecule has 0 bridgehead atoms. The van der Waals surface area contributed by atoms with Crippen LogP contribution in [-0.4, -0.2) is 19.6 Å². The molecule has 3 N–H and O–H groups in total. The minimum atomic E-state index is -0.0523. The van der Waals surface area contributed by atoms with Gasteiger partial charge < -0.3 is 15.8 Å². The molecule has 4 nitrogen and oxygen atoms in total. The number of carbonyl (C=O) groups excluding carboxylic acids is 1. The lowest BCUT2D eigenvalue weighted by Gasteiger charge is -2.18. The van der Waals surface area contributed by atoms with Crippen LogP contribution >= 0.6 is 0 Å². The lowest BCUT2D eigenvalue weighted by atomic mass is 10.0. The van der Waals surface area contributed by atoms with E-state index < -0.39 is 0 Å². The molecule has 0 aliphatic carbocycles. The minimum Gasteiger partial charge on any atom is -0.496 e. The molecule has 0 fully saturated rings. The van der Waals surface area contributed by atoms with Gasteiger partial charge in [-0.2, -0.15) is 0 Å². The van der Waals surface area contributed by atoms with Crippen molar-refractivity contribution in [2.24, 2.45) is 11.7 Å². The topological polar surface area (TPSA) is 64.3 Å². The summed E-state index contributed by atoms with van der Waals surface area (Å²) in [4.78, 5) is 12.0. The van der Waals surface area contributed by atoms with Crippen LogP contribution < -0.4 is 15.8 Å². The Morgan fingerprint density at radius 1 is 1.30 bits per heavy atom. The Morgan fingerprint density at radius 3 is 2.65 bits per heavy atom. The maximum Gasteiger partial charge on any atom is 0.220 e. The molecule has 20 heavy (non-hydrogen) atoms. The molecule has 0 aliphatic heterocycles. The zero-order valence-corrected chi connectivity index (χ0v) is 12.7. The van der Waals surface area contributed by atoms with Crippen LogP contribution in [0.2, 0.25) is 0 Å². The molecule has 0 saturated heterocycles. The van der Waals surface area contributed by atoms with E-state index in [-0.39, 0.29) is 11.9 Å². The minimum absolute atomic E-state index is 0.0523. The first-order valence-corrected chi connectivity index (χ1v) is 7.20. The number of hydrogen-bond acceptors (Lipinski definition) is 3. The van der Waals surface area contributed by atoms with Crippen molar-refractivity contribution in [1.82, 2.24) is 5.32 Å². The lowest BCUT2D eigenvalue weighted by molar-refractivity contribution is -0.122. The molecule has 4 heteroatoms. The van der Waals surface area contributed by atoms with Gasteiger partial charge in [-0.15, -0.1) is 0 Å². The number of para-hydroxylation sites is 1. The summed E-state index contributed by atoms with van der Waals surface area (Å²) in [5, 5.41) is 3.02. The number of nitrogens with two attached hydrogens (primary N) is 1. The fourth-order valence-corrected chi connectivity index (χ4v) is 2.22. The highest BCUT2D eigenvalue weighted by Gasteiger charge is 2.14. The van der Waals surface area contributed by atoms with Crippen molar-refractivity contribution in [2.45, 2.75) is 39.2 Å². The Hall–Kier alpha value is -1.55. The maximum atomic E-state index is 12.0. The molecule has 1 aromatic carbocycles. The fourth-order valence-electron chi connectivity index (χ4n) is 2.22. The number of amides is 1. The van der Waals surface area contributed by atoms with Gasteiger partial charge in [-0.1, -0.05) is 25.1 Å². The quantitative estimate of drug-likeness (QED) is 0.768. The van der Waals surface area contributed by atoms with Gasteiger partial charge in [0, 0.05) is 12.0 Å². The first-order chi connectivity index (χ1) is 9.58. The Kier molecular flexibility index (Phi) is 7.09. The SMILES string of the molecule is COc1ccccc1[C@@H](C)NC(=O)CCC(C)CCN. The third kappa shape index (κ3) is 5.21. The van der Waals surface area contributed by atoms with Crippen molar-refractivity contribution in [3.05, 3.63) is 29.8 Å². The van der Waals surface area contributed by atoms with Gasteiger partial charge in [-0.3, -0.25) is 4.79 Å². The summed E-state index contributed by atoms with van der Waals surface area (Å²) in [5.74, 6) is 1.37. The van der Waals surface area contributed by atoms with Gasteiger partial charge in [0.05, 0.1) is 13.2 Å². The van der Waals surface area contributed by atoms with Gasteiger partial charge in [0.25, 0.3) is 0 Å². The van der Waals surface area contributed by atoms with E-state index >= 15 is 0 Å². The van der Waals surface area contributed by atoms with Gasteiger partial charge in [0.1, 0.15) is 5.75 Å². The summed E-state index contributed by atoms with van der Waals surface area (Å²) in [6.45, 7) is 4.78. The Labute approximate surface area is 121 Å². The van der Waals surface area contributed by atoms with Crippen molar-refractivity contribution >= 4 is 5.91 Å². The number of hydrogen-bond donors (Lipinski definition) is 2. The third-order valence-corrected chi connectivity index (χ3v) is 3.51. The summed E-state index contributed by atoms with van der Waals surface area (Å²) >= 11 is 0. The summed E-state index contributed by atoms with van der Waals surface area (Å²) in [6, 6.07) is 7.70. The van der Waals surface area contributed by atoms with Gasteiger partial charge >= 0.3 is 0 Å². The van der Waals surface area contributed by atoms with Gasteiger partial charge in [-0.05, 0) is 38.3 Å². The third-order valence-electron chi connectivity index (χ3n) is 3.51. The van der Waals surface area contributed by atoms with E-state index in [4.69, 9.17) is 10.5 Å². The highest BCUT2D eigenvalue weighted by atomic mass is 16.5. The van der Waals surface area contributed by atoms with Crippen LogP contribution in [0.15, 0.2) is 24.3 Å². The van der Waals surface area contributed by atoms with Crippen LogP contribution in [0.4, 0.5) is 0 Å². The highest BCUT2D eigenvalue weighted by Crippen LogP contribution is 2.24. The van der Waals surface area contributed by atoms with Crippen molar-refractivity contribution in [2.75, 3.05) is 13.7 Å². The van der Waals surface area contributed by atoms with Crippen LogP contribution in [0, 0.1) is 5.92 Å². The Morgan fingerprint density at radius 2 is 2.00 bits per heavy atom. The molecule has 0 heterocycles. The first kappa shape index (κ1) is 16.5. The van der Waals surface area contributed by atoms with E-state index in [0.717, 1.165) is 24.2 Å². The average Bonchev–Trinajstić information content (AvgIpc) is 2.45. The van der Waals surface area contributed by atoms with Gasteiger partial charge in [0.15, 0.2) is 0 Å². The van der Waals surface area contributed by atoms with Crippen LogP contribution in [0.5, 0.6) is 5.75 Å². The standard InChI is InChI=1S/C16H26N2O2/c1-12(10-11-17)8-9-16(19)18-13(2)14-6-4-5-7-15(14)20-3/h4-7,12-13H,8-11,17H2,1-3H3,(H,18,19)/t12?,13-/m1/s1. The molecular formula is C16H26N2O2. The second kappa shape index (κ2) is 8.59. The molecule has 1 aromatic rings. The number of nitrogens with one attached hydrogen (secondary N) is 1. The van der Waals surface area contributed by atoms with E-state index in [0.29, 0.717) is 18.9 Å². The predicted octanol–water partition coefficient (Wildman–Crippen LogP) is 2.64. The van der Waals surface area contributed by atoms with Crippen LogP contribution in [0.1, 0.15) is 44.7 Å². The molecule has 0 aliphatic rings. The zero-order valence-electron chi connectivity index (χ0n) is 12.7. The number of benzene rings is 1. The second-order valence-corrected chi connectivity index (χ2v) is 5.25. The van der Waals surface area contributed by atoms with Crippen molar-refractivity contribution in [3.63, 3.8) is 0 Å². The molecule has 1 unspecified atom stereocenters. The molecule has 1 rings (SSSR count). The van der Waals surface area contributed by atoms with Crippen LogP contribution in [-0.2, 0) is 4.79 Å². The lowest BCUT2D eigenvalue weighted by Crippen LogP contribution is -2.27. The highest BCUT2D eigenvalue weighted by molar-refractivity contribution is 5.76. The molecular weight excluding hydrogens is 252 g/mol. The summed E-state index contributed by atoms with van der Waals surface area (Å²) in [7, 11) is 1.64. The molecule has 112 valence electrons. The van der Waals surface area contributed by atoms with Crippen molar-refractivity contribution < 1.29 is 9.53 Å². The normalized spacial score (nSPS) is 13.6. The zero-order chi connectivity index (χ0) is 15.0. The molecule has 0 aromatic heterocycles. The first-order valence-electron chi connectivity index (χ1n) is 7.20. The van der Waals surface area contributed by atoms with Gasteiger partial charge in [-0.25, -0.2) is 0 Å². The van der Waals surface area contributed by atoms with E-state index in [9.17, 15) is 4.79 Å². The molecule has 0 spiro atoms. The summed E-state index contributed by atoms with van der Waals surface area (Å²) in [6.07, 6.45) is 2.39. The molecule has 1 amide bonds. The fraction of sp³-hybridized carbons (Fsp3) is 0.562. The van der Waals surface area contributed by atoms with E-state index in [1.54, 1.807) is 7.11 Å². The Balaban J connectivity index is 2.49. The van der Waals surface area contributed by atoms with Gasteiger partial charge in [0.2, 0.25) is 5.91 Å². The number of methoxy groups -OCH3 is 1. The molecule has 2 atom stereocenters. The summed E-state index contributed by atoms with van der Waals surface area (Å²) in [5.41, 5.74) is 6.51. The maximum absolute atomic E-state index is 12.0. The Bertz CT molecular complexity index is 421. The van der Waals surface area contributed by atoms with Crippen LogP contribution in [0.3, 0.4) is 0 Å². The smallest absolute Gasteiger partial charge is 0.220 e. The van der Waals surface area contributed by atoms with Crippen molar-refractivity contribution in [1.29, 1.82) is 0 Å². The second-order valence-electron chi connectivity index (χ2n) is 5.25.